The number of hydrogen-bond donors (Lipinski definition) is 1. The third kappa shape index (κ3) is 4.18. The first-order valence-corrected chi connectivity index (χ1v) is 9.05. The molecule has 2 heterocycles. The van der Waals surface area contributed by atoms with Gasteiger partial charge in [0.2, 0.25) is 5.91 Å². The molecule has 0 bridgehead atoms. The Labute approximate surface area is 153 Å². The van der Waals surface area contributed by atoms with Crippen molar-refractivity contribution in [2.24, 2.45) is 5.92 Å². The van der Waals surface area contributed by atoms with Crippen LogP contribution in [-0.2, 0) is 11.3 Å². The van der Waals surface area contributed by atoms with Crippen molar-refractivity contribution < 1.29 is 14.3 Å². The van der Waals surface area contributed by atoms with E-state index in [4.69, 9.17) is 16.3 Å². The van der Waals surface area contributed by atoms with Crippen molar-refractivity contribution in [1.29, 1.82) is 0 Å². The Balaban J connectivity index is 1.56. The van der Waals surface area contributed by atoms with Gasteiger partial charge in [0.25, 0.3) is 0 Å². The maximum Gasteiger partial charge on any atom is 0.317 e. The van der Waals surface area contributed by atoms with E-state index in [-0.39, 0.29) is 23.9 Å². The zero-order valence-electron chi connectivity index (χ0n) is 14.6. The van der Waals surface area contributed by atoms with E-state index in [2.05, 4.69) is 5.32 Å². The first-order chi connectivity index (χ1) is 11.9. The van der Waals surface area contributed by atoms with Crippen LogP contribution in [0.1, 0.15) is 25.8 Å². The summed E-state index contributed by atoms with van der Waals surface area (Å²) in [5.41, 5.74) is 0.905. The van der Waals surface area contributed by atoms with E-state index < -0.39 is 0 Å². The van der Waals surface area contributed by atoms with Crippen LogP contribution in [0.5, 0.6) is 5.75 Å². The molecule has 1 N–H and O–H groups in total. The van der Waals surface area contributed by atoms with Crippen LogP contribution in [0.15, 0.2) is 18.2 Å². The number of carbonyl (C=O) groups is 2. The van der Waals surface area contributed by atoms with Gasteiger partial charge in [-0.25, -0.2) is 4.79 Å². The molecule has 1 atom stereocenters. The molecule has 3 amide bonds. The molecule has 25 heavy (non-hydrogen) atoms. The third-order valence-corrected chi connectivity index (χ3v) is 4.93. The summed E-state index contributed by atoms with van der Waals surface area (Å²) in [4.78, 5) is 28.1. The highest BCUT2D eigenvalue weighted by Crippen LogP contribution is 2.26. The fraction of sp³-hybridized carbons (Fsp3) is 0.556. The van der Waals surface area contributed by atoms with Gasteiger partial charge in [0.05, 0.1) is 13.1 Å². The first-order valence-electron chi connectivity index (χ1n) is 8.67. The van der Waals surface area contributed by atoms with E-state index in [1.165, 1.54) is 0 Å². The second-order valence-corrected chi connectivity index (χ2v) is 7.35. The van der Waals surface area contributed by atoms with Gasteiger partial charge in [-0.2, -0.15) is 0 Å². The molecule has 3 rings (SSSR count). The lowest BCUT2D eigenvalue weighted by Gasteiger charge is -2.23. The first kappa shape index (κ1) is 17.9. The van der Waals surface area contributed by atoms with Crippen LogP contribution in [0, 0.1) is 5.92 Å². The fourth-order valence-corrected chi connectivity index (χ4v) is 3.52. The zero-order chi connectivity index (χ0) is 18.0. The molecule has 0 aliphatic carbocycles. The van der Waals surface area contributed by atoms with E-state index in [0.29, 0.717) is 44.2 Å². The molecule has 2 aliphatic heterocycles. The number of nitrogens with one attached hydrogen (secondary N) is 1. The summed E-state index contributed by atoms with van der Waals surface area (Å²) >= 11 is 6.05. The van der Waals surface area contributed by atoms with Crippen molar-refractivity contribution in [3.05, 3.63) is 28.8 Å². The molecule has 0 radical (unpaired) electrons. The van der Waals surface area contributed by atoms with Gasteiger partial charge in [0, 0.05) is 42.1 Å². The second kappa shape index (κ2) is 7.52. The van der Waals surface area contributed by atoms with Gasteiger partial charge >= 0.3 is 6.03 Å². The highest BCUT2D eigenvalue weighted by atomic mass is 35.5. The van der Waals surface area contributed by atoms with E-state index in [1.54, 1.807) is 11.0 Å². The highest BCUT2D eigenvalue weighted by Gasteiger charge is 2.31. The number of fused-ring (bicyclic) bond motifs is 1. The number of benzene rings is 1. The Morgan fingerprint density at radius 1 is 1.44 bits per heavy atom. The lowest BCUT2D eigenvalue weighted by Crippen LogP contribution is -2.42. The molecule has 6 nitrogen and oxygen atoms in total. The summed E-state index contributed by atoms with van der Waals surface area (Å²) in [6.07, 6.45) is 0.500. The molecular formula is C18H24ClN3O3. The summed E-state index contributed by atoms with van der Waals surface area (Å²) < 4.78 is 5.68. The van der Waals surface area contributed by atoms with Gasteiger partial charge in [-0.1, -0.05) is 11.6 Å². The molecule has 7 heteroatoms. The summed E-state index contributed by atoms with van der Waals surface area (Å²) in [6.45, 7) is 6.66. The van der Waals surface area contributed by atoms with Crippen LogP contribution in [0.2, 0.25) is 5.02 Å². The molecule has 1 aromatic carbocycles. The fourth-order valence-electron chi connectivity index (χ4n) is 3.32. The normalized spacial score (nSPS) is 20.3. The molecule has 1 aromatic rings. The second-order valence-electron chi connectivity index (χ2n) is 6.92. The molecule has 0 spiro atoms. The molecule has 1 fully saturated rings. The molecule has 0 aromatic heterocycles. The summed E-state index contributed by atoms with van der Waals surface area (Å²) in [5, 5.41) is 3.59. The van der Waals surface area contributed by atoms with Crippen LogP contribution in [0.4, 0.5) is 4.79 Å². The van der Waals surface area contributed by atoms with Gasteiger partial charge < -0.3 is 19.9 Å². The van der Waals surface area contributed by atoms with Crippen LogP contribution in [0.25, 0.3) is 0 Å². The van der Waals surface area contributed by atoms with Gasteiger partial charge in [-0.3, -0.25) is 4.79 Å². The van der Waals surface area contributed by atoms with E-state index >= 15 is 0 Å². The molecule has 0 unspecified atom stereocenters. The van der Waals surface area contributed by atoms with Gasteiger partial charge in [0.1, 0.15) is 12.4 Å². The average Bonchev–Trinajstić information content (AvgIpc) is 2.81. The summed E-state index contributed by atoms with van der Waals surface area (Å²) in [7, 11) is 0. The number of rotatable bonds is 3. The Bertz CT molecular complexity index is 665. The topological polar surface area (TPSA) is 61.9 Å². The highest BCUT2D eigenvalue weighted by molar-refractivity contribution is 6.30. The lowest BCUT2D eigenvalue weighted by atomic mass is 10.1. The van der Waals surface area contributed by atoms with Gasteiger partial charge in [-0.15, -0.1) is 0 Å². The minimum absolute atomic E-state index is 0.133. The molecular weight excluding hydrogens is 342 g/mol. The smallest absolute Gasteiger partial charge is 0.317 e. The number of hydrogen-bond acceptors (Lipinski definition) is 3. The number of urea groups is 1. The van der Waals surface area contributed by atoms with Crippen molar-refractivity contribution in [2.45, 2.75) is 32.9 Å². The van der Waals surface area contributed by atoms with Crippen molar-refractivity contribution in [2.75, 3.05) is 26.2 Å². The zero-order valence-corrected chi connectivity index (χ0v) is 15.4. The SMILES string of the molecule is CC(C)N1C[C@@H](CNC(=O)N2CCOc3ccc(Cl)cc3C2)CC1=O. The Hall–Kier alpha value is -1.95. The van der Waals surface area contributed by atoms with E-state index in [0.717, 1.165) is 11.3 Å². The monoisotopic (exact) mass is 365 g/mol. The average molecular weight is 366 g/mol. The van der Waals surface area contributed by atoms with Crippen LogP contribution < -0.4 is 10.1 Å². The van der Waals surface area contributed by atoms with Crippen molar-refractivity contribution >= 4 is 23.5 Å². The Morgan fingerprint density at radius 2 is 2.24 bits per heavy atom. The number of halogens is 1. The quantitative estimate of drug-likeness (QED) is 0.895. The molecule has 0 saturated carbocycles. The number of amides is 3. The number of nitrogens with zero attached hydrogens (tertiary/aromatic N) is 2. The minimum atomic E-state index is -0.133. The Morgan fingerprint density at radius 3 is 2.96 bits per heavy atom. The Kier molecular flexibility index (Phi) is 5.37. The van der Waals surface area contributed by atoms with Crippen molar-refractivity contribution in [3.8, 4) is 5.75 Å². The largest absolute Gasteiger partial charge is 0.491 e. The maximum absolute atomic E-state index is 12.5. The number of carbonyl (C=O) groups excluding carboxylic acids is 2. The van der Waals surface area contributed by atoms with Crippen LogP contribution in [-0.4, -0.2) is 54.0 Å². The predicted octanol–water partition coefficient (Wildman–Crippen LogP) is 2.50. The predicted molar refractivity (Wildman–Crippen MR) is 95.7 cm³/mol. The lowest BCUT2D eigenvalue weighted by molar-refractivity contribution is -0.129. The summed E-state index contributed by atoms with van der Waals surface area (Å²) in [5.74, 6) is 1.11. The summed E-state index contributed by atoms with van der Waals surface area (Å²) in [6, 6.07) is 5.53. The van der Waals surface area contributed by atoms with Gasteiger partial charge in [-0.05, 0) is 32.0 Å². The minimum Gasteiger partial charge on any atom is -0.491 e. The van der Waals surface area contributed by atoms with Crippen LogP contribution >= 0.6 is 11.6 Å². The number of likely N-dealkylation sites (tertiary alicyclic amines) is 1. The molecule has 1 saturated heterocycles. The van der Waals surface area contributed by atoms with E-state index in [9.17, 15) is 9.59 Å². The molecule has 136 valence electrons. The third-order valence-electron chi connectivity index (χ3n) is 4.69. The van der Waals surface area contributed by atoms with Crippen molar-refractivity contribution in [3.63, 3.8) is 0 Å². The maximum atomic E-state index is 12.5. The molecule has 2 aliphatic rings. The van der Waals surface area contributed by atoms with Crippen LogP contribution in [0.3, 0.4) is 0 Å². The number of ether oxygens (including phenoxy) is 1. The van der Waals surface area contributed by atoms with E-state index in [1.807, 2.05) is 30.9 Å². The van der Waals surface area contributed by atoms with Crippen molar-refractivity contribution in [1.82, 2.24) is 15.1 Å². The standard InChI is InChI=1S/C18H24ClN3O3/c1-12(2)22-10-13(7-17(22)23)9-20-18(24)21-5-6-25-16-4-3-15(19)8-14(16)11-21/h3-4,8,12-13H,5-7,9-11H2,1-2H3,(H,20,24)/t13-/m1/s1. The van der Waals surface area contributed by atoms with Gasteiger partial charge in [0.15, 0.2) is 0 Å².